The van der Waals surface area contributed by atoms with E-state index < -0.39 is 28.1 Å². The zero-order valence-electron chi connectivity index (χ0n) is 11.1. The van der Waals surface area contributed by atoms with Crippen LogP contribution in [0.3, 0.4) is 0 Å². The van der Waals surface area contributed by atoms with Crippen molar-refractivity contribution in [3.63, 3.8) is 0 Å². The van der Waals surface area contributed by atoms with E-state index in [1.165, 1.54) is 6.07 Å². The second-order valence-corrected chi connectivity index (χ2v) is 5.37. The predicted molar refractivity (Wildman–Crippen MR) is 74.5 cm³/mol. The number of benzene rings is 1. The zero-order chi connectivity index (χ0) is 16.2. The van der Waals surface area contributed by atoms with Crippen LogP contribution in [0.2, 0.25) is 0 Å². The predicted octanol–water partition coefficient (Wildman–Crippen LogP) is 4.66. The van der Waals surface area contributed by atoms with Crippen molar-refractivity contribution in [2.24, 2.45) is 0 Å². The Morgan fingerprint density at radius 2 is 1.86 bits per heavy atom. The molecule has 0 saturated carbocycles. The lowest BCUT2D eigenvalue weighted by atomic mass is 9.89. The SMILES string of the molecule is CCCc1cc(C(F)(F)F)ccc1C(CC(=O)Cl)C(=O)Cl. The van der Waals surface area contributed by atoms with Gasteiger partial charge in [-0.2, -0.15) is 13.2 Å². The zero-order valence-corrected chi connectivity index (χ0v) is 12.6. The minimum atomic E-state index is -4.47. The van der Waals surface area contributed by atoms with Gasteiger partial charge in [-0.25, -0.2) is 0 Å². The summed E-state index contributed by atoms with van der Waals surface area (Å²) in [5.74, 6) is -1.03. The molecular weight excluding hydrogens is 328 g/mol. The fourth-order valence-corrected chi connectivity index (χ4v) is 2.43. The first-order chi connectivity index (χ1) is 9.66. The van der Waals surface area contributed by atoms with Gasteiger partial charge in [-0.3, -0.25) is 9.59 Å². The Bertz CT molecular complexity index is 542. The summed E-state index contributed by atoms with van der Waals surface area (Å²) in [6, 6.07) is 3.06. The van der Waals surface area contributed by atoms with E-state index in [0.29, 0.717) is 24.0 Å². The van der Waals surface area contributed by atoms with Crippen LogP contribution in [0.5, 0.6) is 0 Å². The van der Waals surface area contributed by atoms with Crippen LogP contribution in [0.25, 0.3) is 0 Å². The molecule has 0 spiro atoms. The molecule has 0 heterocycles. The molecule has 0 amide bonds. The molecule has 0 aliphatic rings. The average molecular weight is 341 g/mol. The lowest BCUT2D eigenvalue weighted by Gasteiger charge is -2.18. The smallest absolute Gasteiger partial charge is 0.281 e. The van der Waals surface area contributed by atoms with Gasteiger partial charge in [0.05, 0.1) is 11.5 Å². The van der Waals surface area contributed by atoms with Gasteiger partial charge in [-0.05, 0) is 52.9 Å². The Kier molecular flexibility index (Phi) is 6.23. The first kappa shape index (κ1) is 18.0. The quantitative estimate of drug-likeness (QED) is 0.705. The van der Waals surface area contributed by atoms with Crippen molar-refractivity contribution >= 4 is 33.7 Å². The van der Waals surface area contributed by atoms with Crippen LogP contribution in [0.1, 0.15) is 42.4 Å². The molecule has 1 aromatic carbocycles. The number of alkyl halides is 3. The molecule has 0 aromatic heterocycles. The van der Waals surface area contributed by atoms with Crippen LogP contribution in [-0.2, 0) is 22.2 Å². The van der Waals surface area contributed by atoms with Crippen molar-refractivity contribution in [1.82, 2.24) is 0 Å². The van der Waals surface area contributed by atoms with Crippen LogP contribution in [0.4, 0.5) is 13.2 Å². The van der Waals surface area contributed by atoms with E-state index in [1.807, 2.05) is 0 Å². The van der Waals surface area contributed by atoms with Gasteiger partial charge in [-0.1, -0.05) is 19.4 Å². The van der Waals surface area contributed by atoms with Crippen molar-refractivity contribution in [2.75, 3.05) is 0 Å². The topological polar surface area (TPSA) is 34.1 Å². The Labute approximate surface area is 130 Å². The third-order valence-corrected chi connectivity index (χ3v) is 3.42. The number of hydrogen-bond donors (Lipinski definition) is 0. The number of carbonyl (C=O) groups is 2. The van der Waals surface area contributed by atoms with Gasteiger partial charge in [0.15, 0.2) is 0 Å². The number of rotatable bonds is 6. The molecule has 1 atom stereocenters. The lowest BCUT2D eigenvalue weighted by molar-refractivity contribution is -0.137. The molecule has 116 valence electrons. The maximum absolute atomic E-state index is 12.7. The second kappa shape index (κ2) is 7.27. The number of halogens is 5. The first-order valence-electron chi connectivity index (χ1n) is 6.24. The van der Waals surface area contributed by atoms with Crippen molar-refractivity contribution in [3.8, 4) is 0 Å². The molecule has 0 saturated heterocycles. The highest BCUT2D eigenvalue weighted by molar-refractivity contribution is 6.67. The van der Waals surface area contributed by atoms with Gasteiger partial charge < -0.3 is 0 Å². The van der Waals surface area contributed by atoms with E-state index in [1.54, 1.807) is 6.92 Å². The molecule has 0 aliphatic carbocycles. The Morgan fingerprint density at radius 3 is 2.29 bits per heavy atom. The maximum Gasteiger partial charge on any atom is 0.416 e. The van der Waals surface area contributed by atoms with Gasteiger partial charge in [-0.15, -0.1) is 0 Å². The van der Waals surface area contributed by atoms with Crippen molar-refractivity contribution in [1.29, 1.82) is 0 Å². The summed E-state index contributed by atoms with van der Waals surface area (Å²) in [6.07, 6.45) is -3.88. The molecule has 1 aromatic rings. The summed E-state index contributed by atoms with van der Waals surface area (Å²) in [5.41, 5.74) is -0.129. The largest absolute Gasteiger partial charge is 0.416 e. The average Bonchev–Trinajstić information content (AvgIpc) is 2.35. The highest BCUT2D eigenvalue weighted by Crippen LogP contribution is 2.34. The lowest BCUT2D eigenvalue weighted by Crippen LogP contribution is -2.14. The molecular formula is C14H13Cl2F3O2. The van der Waals surface area contributed by atoms with Gasteiger partial charge in [0, 0.05) is 6.42 Å². The molecule has 0 N–H and O–H groups in total. The Morgan fingerprint density at radius 1 is 1.24 bits per heavy atom. The summed E-state index contributed by atoms with van der Waals surface area (Å²) in [5, 5.41) is -1.59. The summed E-state index contributed by atoms with van der Waals surface area (Å²) in [6.45, 7) is 1.80. The fraction of sp³-hybridized carbons (Fsp3) is 0.429. The Balaban J connectivity index is 3.32. The maximum atomic E-state index is 12.7. The van der Waals surface area contributed by atoms with E-state index in [9.17, 15) is 22.8 Å². The minimum absolute atomic E-state index is 0.318. The van der Waals surface area contributed by atoms with E-state index in [-0.39, 0.29) is 6.42 Å². The molecule has 0 fully saturated rings. The number of hydrogen-bond acceptors (Lipinski definition) is 2. The monoisotopic (exact) mass is 340 g/mol. The van der Waals surface area contributed by atoms with Gasteiger partial charge in [0.25, 0.3) is 0 Å². The molecule has 7 heteroatoms. The summed E-state index contributed by atoms with van der Waals surface area (Å²) in [7, 11) is 0. The third-order valence-electron chi connectivity index (χ3n) is 3.00. The summed E-state index contributed by atoms with van der Waals surface area (Å²) in [4.78, 5) is 22.5. The highest BCUT2D eigenvalue weighted by Gasteiger charge is 2.32. The highest BCUT2D eigenvalue weighted by atomic mass is 35.5. The molecule has 0 radical (unpaired) electrons. The third kappa shape index (κ3) is 5.00. The van der Waals surface area contributed by atoms with Crippen molar-refractivity contribution < 1.29 is 22.8 Å². The molecule has 0 bridgehead atoms. The molecule has 2 nitrogen and oxygen atoms in total. The van der Waals surface area contributed by atoms with Crippen molar-refractivity contribution in [2.45, 2.75) is 38.3 Å². The van der Waals surface area contributed by atoms with Crippen LogP contribution in [-0.4, -0.2) is 10.5 Å². The van der Waals surface area contributed by atoms with E-state index >= 15 is 0 Å². The molecule has 0 aliphatic heterocycles. The van der Waals surface area contributed by atoms with E-state index in [0.717, 1.165) is 12.1 Å². The number of aryl methyl sites for hydroxylation is 1. The standard InChI is InChI=1S/C14H13Cl2F3O2/c1-2-3-8-6-9(14(17,18)19)4-5-10(8)11(13(16)21)7-12(15)20/h4-6,11H,2-3,7H2,1H3. The normalized spacial score (nSPS) is 13.0. The van der Waals surface area contributed by atoms with Crippen LogP contribution in [0.15, 0.2) is 18.2 Å². The van der Waals surface area contributed by atoms with Crippen LogP contribution < -0.4 is 0 Å². The Hall–Kier alpha value is -1.07. The van der Waals surface area contributed by atoms with Crippen LogP contribution >= 0.6 is 23.2 Å². The van der Waals surface area contributed by atoms with Crippen LogP contribution in [0, 0.1) is 0 Å². The fourth-order valence-electron chi connectivity index (χ4n) is 2.08. The van der Waals surface area contributed by atoms with Gasteiger partial charge in [0.2, 0.25) is 10.5 Å². The van der Waals surface area contributed by atoms with Gasteiger partial charge in [0.1, 0.15) is 0 Å². The first-order valence-corrected chi connectivity index (χ1v) is 7.00. The van der Waals surface area contributed by atoms with E-state index in [2.05, 4.69) is 0 Å². The molecule has 1 rings (SSSR count). The van der Waals surface area contributed by atoms with Crippen molar-refractivity contribution in [3.05, 3.63) is 34.9 Å². The number of carbonyl (C=O) groups excluding carboxylic acids is 2. The second-order valence-electron chi connectivity index (χ2n) is 4.58. The summed E-state index contributed by atoms with van der Waals surface area (Å²) < 4.78 is 38.2. The minimum Gasteiger partial charge on any atom is -0.281 e. The molecule has 1 unspecified atom stereocenters. The van der Waals surface area contributed by atoms with Gasteiger partial charge >= 0.3 is 6.18 Å². The molecule has 21 heavy (non-hydrogen) atoms. The van der Waals surface area contributed by atoms with E-state index in [4.69, 9.17) is 23.2 Å². The summed E-state index contributed by atoms with van der Waals surface area (Å²) >= 11 is 10.7.